The average molecular weight is 452 g/mol. The van der Waals surface area contributed by atoms with Crippen LogP contribution in [0.4, 0.5) is 0 Å². The first-order valence-electron chi connectivity index (χ1n) is 8.62. The number of carbonyl (C=O) groups excluding carboxylic acids is 1. The largest absolute Gasteiger partial charge is 0.459 e. The predicted molar refractivity (Wildman–Crippen MR) is 111 cm³/mol. The van der Waals surface area contributed by atoms with Gasteiger partial charge in [0.05, 0.1) is 12.1 Å². The van der Waals surface area contributed by atoms with Crippen molar-refractivity contribution in [1.82, 2.24) is 14.7 Å². The molecule has 1 N–H and O–H groups in total. The lowest BCUT2D eigenvalue weighted by atomic mass is 10.2. The number of ether oxygens (including phenoxy) is 1. The Bertz CT molecular complexity index is 1080. The van der Waals surface area contributed by atoms with Crippen molar-refractivity contribution in [3.05, 3.63) is 64.4 Å². The van der Waals surface area contributed by atoms with Crippen LogP contribution in [0.2, 0.25) is 5.15 Å². The number of rotatable bonds is 8. The fourth-order valence-corrected chi connectivity index (χ4v) is 4.22. The topological polar surface area (TPSA) is 98.2 Å². The predicted octanol–water partition coefficient (Wildman–Crippen LogP) is 3.58. The third-order valence-corrected chi connectivity index (χ3v) is 6.47. The maximum Gasteiger partial charge on any atom is 0.307 e. The van der Waals surface area contributed by atoms with Gasteiger partial charge in [-0.05, 0) is 19.1 Å². The van der Waals surface area contributed by atoms with E-state index in [9.17, 15) is 13.2 Å². The van der Waals surface area contributed by atoms with Gasteiger partial charge in [0.15, 0.2) is 0 Å². The molecule has 0 aliphatic carbocycles. The van der Waals surface area contributed by atoms with Crippen LogP contribution in [0.25, 0.3) is 10.6 Å². The minimum Gasteiger partial charge on any atom is -0.459 e. The van der Waals surface area contributed by atoms with E-state index in [2.05, 4.69) is 14.7 Å². The Hall–Kier alpha value is -2.33. The Labute approximate surface area is 177 Å². The first-order valence-corrected chi connectivity index (χ1v) is 11.4. The number of aryl methyl sites for hydroxylation is 1. The van der Waals surface area contributed by atoms with Crippen LogP contribution in [-0.4, -0.2) is 30.9 Å². The van der Waals surface area contributed by atoms with Crippen LogP contribution in [0.5, 0.6) is 0 Å². The Morgan fingerprint density at radius 1 is 1.21 bits per heavy atom. The number of nitrogens with zero attached hydrogens (tertiary/aromatic N) is 2. The van der Waals surface area contributed by atoms with Crippen molar-refractivity contribution >= 4 is 38.9 Å². The summed E-state index contributed by atoms with van der Waals surface area (Å²) in [6, 6.07) is 10.7. The lowest BCUT2D eigenvalue weighted by Crippen LogP contribution is -2.26. The highest BCUT2D eigenvalue weighted by molar-refractivity contribution is 7.89. The monoisotopic (exact) mass is 451 g/mol. The molecule has 10 heteroatoms. The number of thiazole rings is 1. The first kappa shape index (κ1) is 21.4. The molecule has 0 aliphatic rings. The van der Waals surface area contributed by atoms with Crippen molar-refractivity contribution in [2.45, 2.75) is 24.8 Å². The second kappa shape index (κ2) is 9.45. The molecule has 152 valence electrons. The molecule has 0 bridgehead atoms. The molecule has 0 atom stereocenters. The van der Waals surface area contributed by atoms with Crippen molar-refractivity contribution in [3.8, 4) is 10.6 Å². The summed E-state index contributed by atoms with van der Waals surface area (Å²) in [5.74, 6) is -0.521. The SMILES string of the molecule is Cc1ccc(-c2nc(COC(=O)CCNS(=O)(=O)c3ccc(Cl)nc3)cs2)cc1. The Morgan fingerprint density at radius 3 is 2.66 bits per heavy atom. The molecule has 7 nitrogen and oxygen atoms in total. The standard InChI is InChI=1S/C19H18ClN3O4S2/c1-13-2-4-14(5-3-13)19-23-15(12-28-19)11-27-18(24)8-9-22-29(25,26)16-6-7-17(20)21-10-16/h2-7,10,12,22H,8-9,11H2,1H3. The summed E-state index contributed by atoms with van der Waals surface area (Å²) in [6.45, 7) is 1.97. The molecule has 0 unspecified atom stereocenters. The van der Waals surface area contributed by atoms with Gasteiger partial charge in [-0.15, -0.1) is 11.3 Å². The van der Waals surface area contributed by atoms with Crippen LogP contribution in [0.3, 0.4) is 0 Å². The summed E-state index contributed by atoms with van der Waals surface area (Å²) in [5, 5.41) is 2.87. The highest BCUT2D eigenvalue weighted by Crippen LogP contribution is 2.24. The van der Waals surface area contributed by atoms with Gasteiger partial charge in [-0.25, -0.2) is 23.1 Å². The van der Waals surface area contributed by atoms with Gasteiger partial charge in [-0.3, -0.25) is 4.79 Å². The highest BCUT2D eigenvalue weighted by atomic mass is 35.5. The smallest absolute Gasteiger partial charge is 0.307 e. The quantitative estimate of drug-likeness (QED) is 0.415. The van der Waals surface area contributed by atoms with E-state index in [4.69, 9.17) is 16.3 Å². The van der Waals surface area contributed by atoms with E-state index in [1.807, 2.05) is 36.6 Å². The van der Waals surface area contributed by atoms with E-state index in [1.165, 1.54) is 29.0 Å². The first-order chi connectivity index (χ1) is 13.8. The molecule has 29 heavy (non-hydrogen) atoms. The van der Waals surface area contributed by atoms with E-state index in [0.29, 0.717) is 5.69 Å². The second-order valence-corrected chi connectivity index (χ2v) is 9.15. The zero-order chi connectivity index (χ0) is 20.9. The molecule has 0 spiro atoms. The Kier molecular flexibility index (Phi) is 6.96. The second-order valence-electron chi connectivity index (χ2n) is 6.14. The minimum absolute atomic E-state index is 0.0265. The molecule has 0 amide bonds. The summed E-state index contributed by atoms with van der Waals surface area (Å²) in [6.07, 6.45) is 1.05. The number of hydrogen-bond acceptors (Lipinski definition) is 7. The highest BCUT2D eigenvalue weighted by Gasteiger charge is 2.15. The molecule has 0 aliphatic heterocycles. The van der Waals surface area contributed by atoms with Crippen LogP contribution in [0.15, 0.2) is 52.9 Å². The van der Waals surface area contributed by atoms with Crippen molar-refractivity contribution in [2.75, 3.05) is 6.54 Å². The van der Waals surface area contributed by atoms with E-state index < -0.39 is 16.0 Å². The van der Waals surface area contributed by atoms with Crippen LogP contribution in [0.1, 0.15) is 17.7 Å². The maximum absolute atomic E-state index is 12.1. The number of carbonyl (C=O) groups is 1. The Morgan fingerprint density at radius 2 is 1.97 bits per heavy atom. The molecule has 3 aromatic rings. The molecule has 0 saturated carbocycles. The van der Waals surface area contributed by atoms with Crippen molar-refractivity contribution < 1.29 is 17.9 Å². The van der Waals surface area contributed by atoms with Gasteiger partial charge < -0.3 is 4.74 Å². The molecule has 0 fully saturated rings. The molecule has 3 rings (SSSR count). The van der Waals surface area contributed by atoms with Crippen LogP contribution >= 0.6 is 22.9 Å². The zero-order valence-corrected chi connectivity index (χ0v) is 17.9. The fraction of sp³-hybridized carbons (Fsp3) is 0.211. The van der Waals surface area contributed by atoms with Gasteiger partial charge in [0, 0.05) is 23.7 Å². The van der Waals surface area contributed by atoms with Crippen LogP contribution < -0.4 is 4.72 Å². The molecule has 1 aromatic carbocycles. The average Bonchev–Trinajstić information content (AvgIpc) is 3.16. The van der Waals surface area contributed by atoms with E-state index >= 15 is 0 Å². The van der Waals surface area contributed by atoms with E-state index in [-0.39, 0.29) is 29.6 Å². The van der Waals surface area contributed by atoms with Crippen molar-refractivity contribution in [2.24, 2.45) is 0 Å². The number of hydrogen-bond donors (Lipinski definition) is 1. The maximum atomic E-state index is 12.1. The van der Waals surface area contributed by atoms with Gasteiger partial charge in [-0.1, -0.05) is 41.4 Å². The number of nitrogens with one attached hydrogen (secondary N) is 1. The third-order valence-electron chi connectivity index (χ3n) is 3.86. The van der Waals surface area contributed by atoms with Crippen LogP contribution in [0, 0.1) is 6.92 Å². The number of esters is 1. The van der Waals surface area contributed by atoms with Gasteiger partial charge in [0.2, 0.25) is 10.0 Å². The minimum atomic E-state index is -3.76. The molecule has 2 heterocycles. The molecule has 0 radical (unpaired) electrons. The van der Waals surface area contributed by atoms with Crippen molar-refractivity contribution in [1.29, 1.82) is 0 Å². The number of pyridine rings is 1. The third kappa shape index (κ3) is 6.07. The Balaban J connectivity index is 1.45. The zero-order valence-electron chi connectivity index (χ0n) is 15.5. The van der Waals surface area contributed by atoms with Gasteiger partial charge in [0.25, 0.3) is 0 Å². The fourth-order valence-electron chi connectivity index (χ4n) is 2.32. The normalized spacial score (nSPS) is 11.4. The summed E-state index contributed by atoms with van der Waals surface area (Å²) >= 11 is 7.11. The molecule has 0 saturated heterocycles. The van der Waals surface area contributed by atoms with Crippen molar-refractivity contribution in [3.63, 3.8) is 0 Å². The van der Waals surface area contributed by atoms with E-state index in [1.54, 1.807) is 0 Å². The number of aromatic nitrogens is 2. The summed E-state index contributed by atoms with van der Waals surface area (Å²) in [7, 11) is -3.76. The van der Waals surface area contributed by atoms with Gasteiger partial charge in [0.1, 0.15) is 21.7 Å². The number of benzene rings is 1. The number of sulfonamides is 1. The molecule has 2 aromatic heterocycles. The summed E-state index contributed by atoms with van der Waals surface area (Å²) in [5.41, 5.74) is 2.82. The van der Waals surface area contributed by atoms with Gasteiger partial charge >= 0.3 is 5.97 Å². The molecular weight excluding hydrogens is 434 g/mol. The van der Waals surface area contributed by atoms with Gasteiger partial charge in [-0.2, -0.15) is 0 Å². The molecular formula is C19H18ClN3O4S2. The lowest BCUT2D eigenvalue weighted by molar-refractivity contribution is -0.144. The number of halogens is 1. The summed E-state index contributed by atoms with van der Waals surface area (Å²) in [4.78, 5) is 20.0. The summed E-state index contributed by atoms with van der Waals surface area (Å²) < 4.78 is 31.7. The van der Waals surface area contributed by atoms with Crippen LogP contribution in [-0.2, 0) is 26.2 Å². The van der Waals surface area contributed by atoms with E-state index in [0.717, 1.165) is 16.8 Å². The lowest BCUT2D eigenvalue weighted by Gasteiger charge is -2.06.